The molecule has 0 aliphatic carbocycles. The maximum absolute atomic E-state index is 13.4. The van der Waals surface area contributed by atoms with Crippen molar-refractivity contribution >= 4 is 41.4 Å². The second kappa shape index (κ2) is 12.2. The summed E-state index contributed by atoms with van der Waals surface area (Å²) in [5.74, 6) is -2.09. The van der Waals surface area contributed by atoms with Crippen LogP contribution in [0.4, 0.5) is 4.39 Å². The fourth-order valence-corrected chi connectivity index (χ4v) is 3.78. The van der Waals surface area contributed by atoms with E-state index in [0.717, 1.165) is 10.9 Å². The van der Waals surface area contributed by atoms with Gasteiger partial charge in [0.1, 0.15) is 17.3 Å². The van der Waals surface area contributed by atoms with Crippen LogP contribution in [0.3, 0.4) is 0 Å². The van der Waals surface area contributed by atoms with Gasteiger partial charge in [-0.25, -0.2) is 14.6 Å². The first-order valence-corrected chi connectivity index (χ1v) is 11.9. The third kappa shape index (κ3) is 7.30. The molecule has 0 saturated carbocycles. The Balaban J connectivity index is 1.43. The van der Waals surface area contributed by atoms with Crippen molar-refractivity contribution in [3.05, 3.63) is 129 Å². The highest BCUT2D eigenvalue weighted by molar-refractivity contribution is 7.10. The van der Waals surface area contributed by atoms with Gasteiger partial charge in [0.2, 0.25) is 0 Å². The third-order valence-corrected chi connectivity index (χ3v) is 5.69. The summed E-state index contributed by atoms with van der Waals surface area (Å²) in [6, 6.07) is 23.8. The molecule has 0 atom stereocenters. The van der Waals surface area contributed by atoms with E-state index >= 15 is 0 Å². The number of rotatable bonds is 8. The second-order valence-corrected chi connectivity index (χ2v) is 8.54. The number of carbonyl (C=O) groups is 3. The number of halogens is 1. The van der Waals surface area contributed by atoms with E-state index in [0.29, 0.717) is 11.1 Å². The van der Waals surface area contributed by atoms with Crippen molar-refractivity contribution in [1.29, 1.82) is 0 Å². The lowest BCUT2D eigenvalue weighted by atomic mass is 10.2. The number of nitrogens with zero attached hydrogens (tertiary/aromatic N) is 1. The fraction of sp³-hybridized carbons (Fsp3) is 0. The highest BCUT2D eigenvalue weighted by atomic mass is 32.1. The number of hydrogen-bond acceptors (Lipinski definition) is 6. The summed E-state index contributed by atoms with van der Waals surface area (Å²) in [6.07, 6.45) is 2.92. The minimum Gasteiger partial charge on any atom is -0.423 e. The summed E-state index contributed by atoms with van der Waals surface area (Å²) in [4.78, 5) is 38.5. The molecule has 0 aliphatic rings. The summed E-state index contributed by atoms with van der Waals surface area (Å²) < 4.78 is 18.7. The Morgan fingerprint density at radius 1 is 0.865 bits per heavy atom. The van der Waals surface area contributed by atoms with Crippen molar-refractivity contribution in [2.45, 2.75) is 0 Å². The minimum absolute atomic E-state index is 0.0197. The van der Waals surface area contributed by atoms with E-state index in [2.05, 4.69) is 15.8 Å². The predicted molar refractivity (Wildman–Crippen MR) is 140 cm³/mol. The average molecular weight is 514 g/mol. The van der Waals surface area contributed by atoms with Gasteiger partial charge in [-0.1, -0.05) is 42.5 Å². The Kier molecular flexibility index (Phi) is 8.30. The van der Waals surface area contributed by atoms with E-state index in [-0.39, 0.29) is 17.0 Å². The van der Waals surface area contributed by atoms with Crippen LogP contribution in [0, 0.1) is 5.82 Å². The molecule has 37 heavy (non-hydrogen) atoms. The van der Waals surface area contributed by atoms with Crippen molar-refractivity contribution in [2.75, 3.05) is 0 Å². The number of ether oxygens (including phenoxy) is 1. The van der Waals surface area contributed by atoms with Crippen molar-refractivity contribution in [3.8, 4) is 5.75 Å². The maximum atomic E-state index is 13.4. The van der Waals surface area contributed by atoms with Gasteiger partial charge in [-0.2, -0.15) is 5.10 Å². The molecule has 4 rings (SSSR count). The zero-order chi connectivity index (χ0) is 26.0. The number of amides is 2. The number of carbonyl (C=O) groups excluding carboxylic acids is 3. The lowest BCUT2D eigenvalue weighted by Gasteiger charge is -2.09. The normalized spacial score (nSPS) is 11.2. The summed E-state index contributed by atoms with van der Waals surface area (Å²) in [5, 5.41) is 8.44. The van der Waals surface area contributed by atoms with Crippen LogP contribution in [0.2, 0.25) is 0 Å². The zero-order valence-corrected chi connectivity index (χ0v) is 20.1. The lowest BCUT2D eigenvalue weighted by Crippen LogP contribution is -2.32. The van der Waals surface area contributed by atoms with Crippen molar-refractivity contribution in [3.63, 3.8) is 0 Å². The summed E-state index contributed by atoms with van der Waals surface area (Å²) >= 11 is 1.41. The van der Waals surface area contributed by atoms with Gasteiger partial charge < -0.3 is 10.1 Å². The molecule has 9 heteroatoms. The predicted octanol–water partition coefficient (Wildman–Crippen LogP) is 5.03. The number of nitrogens with one attached hydrogen (secondary N) is 2. The molecule has 0 radical (unpaired) electrons. The van der Waals surface area contributed by atoms with Crippen LogP contribution in [0.15, 0.2) is 107 Å². The molecule has 1 heterocycles. The smallest absolute Gasteiger partial charge is 0.343 e. The number of thiophene rings is 1. The molecule has 3 aromatic carbocycles. The van der Waals surface area contributed by atoms with Crippen LogP contribution in [-0.2, 0) is 4.79 Å². The molecule has 2 amide bonds. The van der Waals surface area contributed by atoms with Gasteiger partial charge >= 0.3 is 5.97 Å². The standard InChI is InChI=1S/C28H20FN3O4S/c29-22-11-5-10-21(16-22)28(35)36-23-12-4-7-19(15-23)18-30-32-27(34)25(17-24-13-6-14-37-24)31-26(33)20-8-2-1-3-9-20/h1-18H,(H,31,33)(H,32,34)/b25-17+,30-18+. The lowest BCUT2D eigenvalue weighted by molar-refractivity contribution is -0.117. The Labute approximate surface area is 215 Å². The molecule has 0 saturated heterocycles. The highest BCUT2D eigenvalue weighted by Gasteiger charge is 2.15. The number of esters is 1. The van der Waals surface area contributed by atoms with Crippen molar-refractivity contribution in [2.24, 2.45) is 5.10 Å². The monoisotopic (exact) mass is 513 g/mol. The molecule has 0 fully saturated rings. The molecule has 184 valence electrons. The minimum atomic E-state index is -0.709. The summed E-state index contributed by atoms with van der Waals surface area (Å²) in [6.45, 7) is 0. The topological polar surface area (TPSA) is 96.9 Å². The Hall–Kier alpha value is -4.89. The van der Waals surface area contributed by atoms with Gasteiger partial charge in [-0.05, 0) is 65.6 Å². The van der Waals surface area contributed by atoms with E-state index in [4.69, 9.17) is 4.74 Å². The van der Waals surface area contributed by atoms with Gasteiger partial charge in [-0.3, -0.25) is 9.59 Å². The quantitative estimate of drug-likeness (QED) is 0.114. The van der Waals surface area contributed by atoms with E-state index in [9.17, 15) is 18.8 Å². The number of benzene rings is 3. The largest absolute Gasteiger partial charge is 0.423 e. The van der Waals surface area contributed by atoms with Crippen molar-refractivity contribution in [1.82, 2.24) is 10.7 Å². The van der Waals surface area contributed by atoms with Gasteiger partial charge in [0.05, 0.1) is 11.8 Å². The molecule has 1 aromatic heterocycles. The van der Waals surface area contributed by atoms with Crippen LogP contribution >= 0.6 is 11.3 Å². The maximum Gasteiger partial charge on any atom is 0.343 e. The number of hydrogen-bond donors (Lipinski definition) is 2. The molecular weight excluding hydrogens is 493 g/mol. The van der Waals surface area contributed by atoms with Crippen LogP contribution in [0.25, 0.3) is 6.08 Å². The summed E-state index contributed by atoms with van der Waals surface area (Å²) in [7, 11) is 0. The molecule has 0 unspecified atom stereocenters. The van der Waals surface area contributed by atoms with Gasteiger partial charge in [0, 0.05) is 10.4 Å². The zero-order valence-electron chi connectivity index (χ0n) is 19.3. The van der Waals surface area contributed by atoms with Crippen LogP contribution in [0.1, 0.15) is 31.2 Å². The average Bonchev–Trinajstić information content (AvgIpc) is 3.42. The molecule has 0 aliphatic heterocycles. The van der Waals surface area contributed by atoms with Gasteiger partial charge in [0.25, 0.3) is 11.8 Å². The van der Waals surface area contributed by atoms with Gasteiger partial charge in [0.15, 0.2) is 0 Å². The molecule has 4 aromatic rings. The summed E-state index contributed by atoms with van der Waals surface area (Å²) in [5.41, 5.74) is 3.43. The SMILES string of the molecule is O=C(N/N=C/c1cccc(OC(=O)c2cccc(F)c2)c1)/C(=C\c1cccs1)NC(=O)c1ccccc1. The molecule has 2 N–H and O–H groups in total. The van der Waals surface area contributed by atoms with E-state index in [1.807, 2.05) is 17.5 Å². The first-order chi connectivity index (χ1) is 18.0. The molecular formula is C28H20FN3O4S. The van der Waals surface area contributed by atoms with E-state index in [1.165, 1.54) is 41.8 Å². The van der Waals surface area contributed by atoms with Crippen LogP contribution < -0.4 is 15.5 Å². The second-order valence-electron chi connectivity index (χ2n) is 7.57. The Morgan fingerprint density at radius 3 is 2.41 bits per heavy atom. The Morgan fingerprint density at radius 2 is 1.65 bits per heavy atom. The Bertz CT molecular complexity index is 1470. The third-order valence-electron chi connectivity index (χ3n) is 4.87. The van der Waals surface area contributed by atoms with E-state index < -0.39 is 23.6 Å². The van der Waals surface area contributed by atoms with Gasteiger partial charge in [-0.15, -0.1) is 11.3 Å². The molecule has 7 nitrogen and oxygen atoms in total. The number of hydrazone groups is 1. The first-order valence-electron chi connectivity index (χ1n) is 11.0. The van der Waals surface area contributed by atoms with Crippen LogP contribution in [0.5, 0.6) is 5.75 Å². The molecule has 0 spiro atoms. The first kappa shape index (κ1) is 25.2. The highest BCUT2D eigenvalue weighted by Crippen LogP contribution is 2.16. The fourth-order valence-electron chi connectivity index (χ4n) is 3.12. The van der Waals surface area contributed by atoms with Crippen LogP contribution in [-0.4, -0.2) is 24.0 Å². The van der Waals surface area contributed by atoms with E-state index in [1.54, 1.807) is 54.6 Å². The van der Waals surface area contributed by atoms with Crippen molar-refractivity contribution < 1.29 is 23.5 Å². The molecule has 0 bridgehead atoms.